The van der Waals surface area contributed by atoms with Gasteiger partial charge in [0, 0.05) is 18.4 Å². The molecule has 1 fully saturated rings. The molecule has 3 nitrogen and oxygen atoms in total. The van der Waals surface area contributed by atoms with Crippen LogP contribution in [0.4, 0.5) is 0 Å². The van der Waals surface area contributed by atoms with Crippen molar-refractivity contribution >= 4 is 0 Å². The average molecular weight is 219 g/mol. The van der Waals surface area contributed by atoms with Crippen LogP contribution in [0.3, 0.4) is 0 Å². The van der Waals surface area contributed by atoms with Gasteiger partial charge in [0.2, 0.25) is 0 Å². The number of rotatable bonds is 1. The second-order valence-corrected chi connectivity index (χ2v) is 5.36. The molecular weight excluding hydrogens is 198 g/mol. The molecule has 2 aliphatic heterocycles. The summed E-state index contributed by atoms with van der Waals surface area (Å²) >= 11 is 0. The third-order valence-electron chi connectivity index (χ3n) is 3.98. The van der Waals surface area contributed by atoms with Crippen LogP contribution in [0.15, 0.2) is 6.20 Å². The van der Waals surface area contributed by atoms with Crippen molar-refractivity contribution in [2.24, 2.45) is 5.92 Å². The number of piperidine rings is 1. The Kier molecular flexibility index (Phi) is 2.72. The van der Waals surface area contributed by atoms with Crippen LogP contribution in [0, 0.1) is 5.92 Å². The molecule has 0 amide bonds. The minimum absolute atomic E-state index is 0.507. The molecule has 1 aromatic rings. The van der Waals surface area contributed by atoms with E-state index in [2.05, 4.69) is 28.0 Å². The van der Waals surface area contributed by atoms with Gasteiger partial charge in [-0.3, -0.25) is 0 Å². The lowest BCUT2D eigenvalue weighted by molar-refractivity contribution is 0.347. The highest BCUT2D eigenvalue weighted by Crippen LogP contribution is 2.27. The third-order valence-corrected chi connectivity index (χ3v) is 3.98. The molecule has 0 bridgehead atoms. The lowest BCUT2D eigenvalue weighted by Gasteiger charge is -2.27. The molecule has 3 rings (SSSR count). The first-order chi connectivity index (χ1) is 7.84. The quantitative estimate of drug-likeness (QED) is 0.785. The van der Waals surface area contributed by atoms with Gasteiger partial charge in [-0.05, 0) is 38.1 Å². The zero-order chi connectivity index (χ0) is 11.0. The standard InChI is InChI=1S/C13H21N3/c1-10-5-6-11-8-15-13(16(11)9-10)12-4-2-3-7-14-12/h8,10,12,14H,2-7,9H2,1H3. The molecule has 0 spiro atoms. The largest absolute Gasteiger partial charge is 0.330 e. The van der Waals surface area contributed by atoms with Crippen molar-refractivity contribution in [3.05, 3.63) is 17.7 Å². The van der Waals surface area contributed by atoms with Gasteiger partial charge in [0.05, 0.1) is 6.04 Å². The normalized spacial score (nSPS) is 30.1. The monoisotopic (exact) mass is 219 g/mol. The molecule has 88 valence electrons. The Morgan fingerprint density at radius 2 is 2.31 bits per heavy atom. The molecule has 0 radical (unpaired) electrons. The Morgan fingerprint density at radius 3 is 3.12 bits per heavy atom. The maximum Gasteiger partial charge on any atom is 0.126 e. The summed E-state index contributed by atoms with van der Waals surface area (Å²) in [4.78, 5) is 4.66. The second-order valence-electron chi connectivity index (χ2n) is 5.36. The first kappa shape index (κ1) is 10.3. The Bertz CT molecular complexity index is 363. The number of hydrogen-bond donors (Lipinski definition) is 1. The summed E-state index contributed by atoms with van der Waals surface area (Å²) in [5, 5.41) is 3.60. The predicted molar refractivity (Wildman–Crippen MR) is 64.3 cm³/mol. The van der Waals surface area contributed by atoms with E-state index in [0.29, 0.717) is 6.04 Å². The Labute approximate surface area is 97.3 Å². The maximum absolute atomic E-state index is 4.66. The number of fused-ring (bicyclic) bond motifs is 1. The fourth-order valence-electron chi connectivity index (χ4n) is 2.98. The molecule has 2 atom stereocenters. The van der Waals surface area contributed by atoms with Crippen molar-refractivity contribution < 1.29 is 0 Å². The molecule has 1 N–H and O–H groups in total. The van der Waals surface area contributed by atoms with Gasteiger partial charge in [0.15, 0.2) is 0 Å². The molecule has 1 saturated heterocycles. The minimum Gasteiger partial charge on any atom is -0.330 e. The van der Waals surface area contributed by atoms with E-state index in [1.54, 1.807) is 0 Å². The lowest BCUT2D eigenvalue weighted by atomic mass is 9.99. The topological polar surface area (TPSA) is 29.9 Å². The summed E-state index contributed by atoms with van der Waals surface area (Å²) in [5.74, 6) is 2.10. The highest BCUT2D eigenvalue weighted by atomic mass is 15.1. The van der Waals surface area contributed by atoms with Crippen molar-refractivity contribution in [2.75, 3.05) is 6.54 Å². The molecule has 3 heteroatoms. The van der Waals surface area contributed by atoms with Crippen LogP contribution in [0.25, 0.3) is 0 Å². The van der Waals surface area contributed by atoms with E-state index in [1.165, 1.54) is 50.2 Å². The van der Waals surface area contributed by atoms with Gasteiger partial charge in [-0.25, -0.2) is 4.98 Å². The van der Waals surface area contributed by atoms with Gasteiger partial charge >= 0.3 is 0 Å². The first-order valence-corrected chi connectivity index (χ1v) is 6.62. The van der Waals surface area contributed by atoms with Gasteiger partial charge < -0.3 is 9.88 Å². The molecule has 2 unspecified atom stereocenters. The molecule has 1 aromatic heterocycles. The zero-order valence-corrected chi connectivity index (χ0v) is 10.1. The predicted octanol–water partition coefficient (Wildman–Crippen LogP) is 2.28. The smallest absolute Gasteiger partial charge is 0.126 e. The lowest BCUT2D eigenvalue weighted by Crippen LogP contribution is -2.31. The molecule has 16 heavy (non-hydrogen) atoms. The number of aryl methyl sites for hydroxylation is 1. The highest BCUT2D eigenvalue weighted by molar-refractivity contribution is 5.12. The van der Waals surface area contributed by atoms with Crippen molar-refractivity contribution in [1.29, 1.82) is 0 Å². The van der Waals surface area contributed by atoms with E-state index < -0.39 is 0 Å². The number of nitrogens with one attached hydrogen (secondary N) is 1. The fourth-order valence-corrected chi connectivity index (χ4v) is 2.98. The summed E-state index contributed by atoms with van der Waals surface area (Å²) in [5.41, 5.74) is 1.44. The van der Waals surface area contributed by atoms with Gasteiger partial charge in [0.1, 0.15) is 5.82 Å². The van der Waals surface area contributed by atoms with Crippen molar-refractivity contribution in [1.82, 2.24) is 14.9 Å². The van der Waals surface area contributed by atoms with Gasteiger partial charge in [-0.1, -0.05) is 13.3 Å². The van der Waals surface area contributed by atoms with Crippen molar-refractivity contribution in [3.63, 3.8) is 0 Å². The third kappa shape index (κ3) is 1.77. The summed E-state index contributed by atoms with van der Waals surface area (Å²) in [6.45, 7) is 4.67. The second kappa shape index (κ2) is 4.21. The van der Waals surface area contributed by atoms with Crippen molar-refractivity contribution in [2.45, 2.75) is 51.6 Å². The van der Waals surface area contributed by atoms with E-state index in [1.807, 2.05) is 0 Å². The van der Waals surface area contributed by atoms with Crippen LogP contribution in [0.2, 0.25) is 0 Å². The summed E-state index contributed by atoms with van der Waals surface area (Å²) in [7, 11) is 0. The van der Waals surface area contributed by atoms with Gasteiger partial charge in [0.25, 0.3) is 0 Å². The fraction of sp³-hybridized carbons (Fsp3) is 0.769. The molecule has 0 aliphatic carbocycles. The Balaban J connectivity index is 1.86. The van der Waals surface area contributed by atoms with Crippen LogP contribution in [0.5, 0.6) is 0 Å². The van der Waals surface area contributed by atoms with Crippen LogP contribution < -0.4 is 5.32 Å². The summed E-state index contributed by atoms with van der Waals surface area (Å²) in [6.07, 6.45) is 8.54. The number of aromatic nitrogens is 2. The Hall–Kier alpha value is -0.830. The number of imidazole rings is 1. The summed E-state index contributed by atoms with van der Waals surface area (Å²) in [6, 6.07) is 0.507. The first-order valence-electron chi connectivity index (χ1n) is 6.62. The molecule has 0 saturated carbocycles. The molecule has 2 aliphatic rings. The van der Waals surface area contributed by atoms with E-state index in [9.17, 15) is 0 Å². The van der Waals surface area contributed by atoms with Gasteiger partial charge in [-0.2, -0.15) is 0 Å². The van der Waals surface area contributed by atoms with Crippen molar-refractivity contribution in [3.8, 4) is 0 Å². The van der Waals surface area contributed by atoms with E-state index >= 15 is 0 Å². The maximum atomic E-state index is 4.66. The molecular formula is C13H21N3. The number of nitrogens with zero attached hydrogens (tertiary/aromatic N) is 2. The summed E-state index contributed by atoms with van der Waals surface area (Å²) < 4.78 is 2.47. The van der Waals surface area contributed by atoms with Gasteiger partial charge in [-0.15, -0.1) is 0 Å². The average Bonchev–Trinajstić information content (AvgIpc) is 2.73. The van der Waals surface area contributed by atoms with Crippen LogP contribution in [-0.2, 0) is 13.0 Å². The highest BCUT2D eigenvalue weighted by Gasteiger charge is 2.24. The Morgan fingerprint density at radius 1 is 1.38 bits per heavy atom. The van der Waals surface area contributed by atoms with E-state index in [-0.39, 0.29) is 0 Å². The van der Waals surface area contributed by atoms with Crippen LogP contribution >= 0.6 is 0 Å². The SMILES string of the molecule is CC1CCc2cnc(C3CCCCN3)n2C1. The van der Waals surface area contributed by atoms with E-state index in [0.717, 1.165) is 12.5 Å². The van der Waals surface area contributed by atoms with Crippen LogP contribution in [0.1, 0.15) is 50.2 Å². The van der Waals surface area contributed by atoms with E-state index in [4.69, 9.17) is 0 Å². The number of hydrogen-bond acceptors (Lipinski definition) is 2. The molecule has 0 aromatic carbocycles. The minimum atomic E-state index is 0.507. The molecule has 3 heterocycles. The zero-order valence-electron chi connectivity index (χ0n) is 10.1. The van der Waals surface area contributed by atoms with Crippen LogP contribution in [-0.4, -0.2) is 16.1 Å².